The molecule has 0 spiro atoms. The fourth-order valence-corrected chi connectivity index (χ4v) is 5.13. The van der Waals surface area contributed by atoms with Gasteiger partial charge in [-0.2, -0.15) is 4.80 Å². The summed E-state index contributed by atoms with van der Waals surface area (Å²) >= 11 is 12.3. The summed E-state index contributed by atoms with van der Waals surface area (Å²) in [4.78, 5) is 13.8. The molecule has 172 valence electrons. The van der Waals surface area contributed by atoms with Crippen molar-refractivity contribution in [2.45, 2.75) is 37.2 Å². The molecule has 1 atom stereocenters. The van der Waals surface area contributed by atoms with E-state index in [9.17, 15) is 13.2 Å². The number of halogens is 2. The number of Topliss-reactive ketones (excluding diaryl/α,β-unsaturated/α-hetero) is 1. The zero-order valence-electron chi connectivity index (χ0n) is 17.1. The molecule has 2 aromatic heterocycles. The molecule has 2 aromatic carbocycles. The molecular weight excluding hydrogens is 493 g/mol. The summed E-state index contributed by atoms with van der Waals surface area (Å²) in [5.74, 6) is -0.122. The van der Waals surface area contributed by atoms with Gasteiger partial charge in [-0.15, -0.1) is 10.2 Å². The van der Waals surface area contributed by atoms with Crippen molar-refractivity contribution in [3.05, 3.63) is 57.8 Å². The normalized spacial score (nSPS) is 12.8. The summed E-state index contributed by atoms with van der Waals surface area (Å²) < 4.78 is 32.8. The standard InChI is InChI=1S/C19H17Cl2N7O4S/c1-2-14(26-33(30,31)17-8-4-7-15-19(17)25-32-24-15)16(29)10-28-23-18(22-27-28)9-11-12(20)5-3-6-13(11)21/h3-8,14,26H,2,9-10H2,1H3. The summed E-state index contributed by atoms with van der Waals surface area (Å²) in [7, 11) is -4.08. The maximum absolute atomic E-state index is 12.9. The third-order valence-electron chi connectivity index (χ3n) is 4.82. The van der Waals surface area contributed by atoms with Crippen LogP contribution in [-0.4, -0.2) is 50.8 Å². The quantitative estimate of drug-likeness (QED) is 0.359. The predicted molar refractivity (Wildman–Crippen MR) is 118 cm³/mol. The second kappa shape index (κ2) is 9.51. The highest BCUT2D eigenvalue weighted by molar-refractivity contribution is 7.89. The number of hydrogen-bond acceptors (Lipinski definition) is 9. The van der Waals surface area contributed by atoms with Gasteiger partial charge in [-0.3, -0.25) is 4.79 Å². The zero-order chi connectivity index (χ0) is 23.6. The number of hydrogen-bond donors (Lipinski definition) is 1. The van der Waals surface area contributed by atoms with Gasteiger partial charge in [0.25, 0.3) is 0 Å². The largest absolute Gasteiger partial charge is 0.296 e. The average molecular weight is 510 g/mol. The summed E-state index contributed by atoms with van der Waals surface area (Å²) in [5, 5.41) is 20.2. The lowest BCUT2D eigenvalue weighted by molar-refractivity contribution is -0.121. The number of carbonyl (C=O) groups excluding carboxylic acids is 1. The maximum Gasteiger partial charge on any atom is 0.243 e. The zero-order valence-corrected chi connectivity index (χ0v) is 19.5. The van der Waals surface area contributed by atoms with Crippen LogP contribution in [0.4, 0.5) is 0 Å². The van der Waals surface area contributed by atoms with E-state index in [2.05, 4.69) is 35.1 Å². The molecule has 0 aliphatic heterocycles. The van der Waals surface area contributed by atoms with E-state index in [1.807, 2.05) is 0 Å². The molecule has 0 saturated heterocycles. The van der Waals surface area contributed by atoms with Gasteiger partial charge < -0.3 is 0 Å². The number of nitrogens with one attached hydrogen (secondary N) is 1. The molecule has 0 saturated carbocycles. The molecular formula is C19H17Cl2N7O4S. The molecule has 1 unspecified atom stereocenters. The summed E-state index contributed by atoms with van der Waals surface area (Å²) in [5.41, 5.74) is 1.01. The van der Waals surface area contributed by atoms with E-state index >= 15 is 0 Å². The van der Waals surface area contributed by atoms with Crippen LogP contribution in [0.3, 0.4) is 0 Å². The van der Waals surface area contributed by atoms with E-state index in [0.717, 1.165) is 4.80 Å². The molecule has 2 heterocycles. The van der Waals surface area contributed by atoms with Crippen molar-refractivity contribution in [3.63, 3.8) is 0 Å². The molecule has 0 fully saturated rings. The van der Waals surface area contributed by atoms with Crippen LogP contribution < -0.4 is 4.72 Å². The lowest BCUT2D eigenvalue weighted by atomic mass is 10.1. The fraction of sp³-hybridized carbons (Fsp3) is 0.263. The Morgan fingerprint density at radius 3 is 2.61 bits per heavy atom. The van der Waals surface area contributed by atoms with Crippen molar-refractivity contribution in [1.82, 2.24) is 35.2 Å². The molecule has 0 aliphatic carbocycles. The highest BCUT2D eigenvalue weighted by Crippen LogP contribution is 2.26. The Bertz CT molecular complexity index is 1400. The third-order valence-corrected chi connectivity index (χ3v) is 7.03. The molecule has 4 aromatic rings. The molecule has 4 rings (SSSR count). The SMILES string of the molecule is CCC(NS(=O)(=O)c1cccc2nonc12)C(=O)Cn1nnc(Cc2c(Cl)cccc2Cl)n1. The number of nitrogens with zero attached hydrogens (tertiary/aromatic N) is 6. The number of tetrazole rings is 1. The number of fused-ring (bicyclic) bond motifs is 1. The smallest absolute Gasteiger partial charge is 0.243 e. The summed E-state index contributed by atoms with van der Waals surface area (Å²) in [6.07, 6.45) is 0.439. The van der Waals surface area contributed by atoms with Gasteiger partial charge in [-0.1, -0.05) is 42.3 Å². The third kappa shape index (κ3) is 5.03. The number of sulfonamides is 1. The molecule has 1 N–H and O–H groups in total. The molecule has 11 nitrogen and oxygen atoms in total. The monoisotopic (exact) mass is 509 g/mol. The Morgan fingerprint density at radius 1 is 1.15 bits per heavy atom. The van der Waals surface area contributed by atoms with Crippen LogP contribution in [0.25, 0.3) is 11.0 Å². The first kappa shape index (κ1) is 23.2. The molecule has 14 heteroatoms. The molecule has 0 amide bonds. The Labute approximate surface area is 198 Å². The van der Waals surface area contributed by atoms with Gasteiger partial charge in [0, 0.05) is 16.5 Å². The highest BCUT2D eigenvalue weighted by atomic mass is 35.5. The van der Waals surface area contributed by atoms with Crippen molar-refractivity contribution >= 4 is 50.0 Å². The minimum Gasteiger partial charge on any atom is -0.296 e. The molecule has 0 bridgehead atoms. The van der Waals surface area contributed by atoms with Crippen molar-refractivity contribution in [2.24, 2.45) is 0 Å². The van der Waals surface area contributed by atoms with Crippen LogP contribution in [0.5, 0.6) is 0 Å². The minimum atomic E-state index is -4.08. The summed E-state index contributed by atoms with van der Waals surface area (Å²) in [6.45, 7) is 1.41. The van der Waals surface area contributed by atoms with Gasteiger partial charge in [-0.05, 0) is 51.8 Å². The van der Waals surface area contributed by atoms with Gasteiger partial charge in [0.05, 0.1) is 6.04 Å². The van der Waals surface area contributed by atoms with Gasteiger partial charge in [0.1, 0.15) is 17.0 Å². The van der Waals surface area contributed by atoms with Crippen molar-refractivity contribution < 1.29 is 17.8 Å². The van der Waals surface area contributed by atoms with Gasteiger partial charge in [0.15, 0.2) is 17.1 Å². The van der Waals surface area contributed by atoms with Crippen LogP contribution in [0.2, 0.25) is 10.0 Å². The van der Waals surface area contributed by atoms with E-state index in [-0.39, 0.29) is 35.3 Å². The Balaban J connectivity index is 1.47. The first-order chi connectivity index (χ1) is 15.8. The van der Waals surface area contributed by atoms with Gasteiger partial charge >= 0.3 is 0 Å². The molecule has 33 heavy (non-hydrogen) atoms. The van der Waals surface area contributed by atoms with E-state index in [4.69, 9.17) is 23.2 Å². The fourth-order valence-electron chi connectivity index (χ4n) is 3.15. The lowest BCUT2D eigenvalue weighted by Crippen LogP contribution is -2.42. The van der Waals surface area contributed by atoms with Crippen LogP contribution >= 0.6 is 23.2 Å². The van der Waals surface area contributed by atoms with Crippen molar-refractivity contribution in [1.29, 1.82) is 0 Å². The lowest BCUT2D eigenvalue weighted by Gasteiger charge is -2.15. The topological polar surface area (TPSA) is 146 Å². The first-order valence-electron chi connectivity index (χ1n) is 9.74. The van der Waals surface area contributed by atoms with Crippen LogP contribution in [0.1, 0.15) is 24.7 Å². The second-order valence-electron chi connectivity index (χ2n) is 7.05. The van der Waals surface area contributed by atoms with Crippen LogP contribution in [0.15, 0.2) is 45.9 Å². The van der Waals surface area contributed by atoms with Crippen LogP contribution in [0, 0.1) is 0 Å². The van der Waals surface area contributed by atoms with E-state index in [0.29, 0.717) is 21.4 Å². The minimum absolute atomic E-state index is 0.0770. The molecule has 0 aliphatic rings. The highest BCUT2D eigenvalue weighted by Gasteiger charge is 2.27. The number of benzene rings is 2. The number of aromatic nitrogens is 6. The molecule has 0 radical (unpaired) electrons. The Hall–Kier alpha value is -2.93. The predicted octanol–water partition coefficient (Wildman–Crippen LogP) is 2.43. The summed E-state index contributed by atoms with van der Waals surface area (Å²) in [6, 6.07) is 8.54. The maximum atomic E-state index is 12.9. The van der Waals surface area contributed by atoms with Crippen molar-refractivity contribution in [3.8, 4) is 0 Å². The Morgan fingerprint density at radius 2 is 1.88 bits per heavy atom. The van der Waals surface area contributed by atoms with Crippen LogP contribution in [-0.2, 0) is 27.8 Å². The van der Waals surface area contributed by atoms with Gasteiger partial charge in [0.2, 0.25) is 10.0 Å². The number of ketones is 1. The first-order valence-corrected chi connectivity index (χ1v) is 12.0. The van der Waals surface area contributed by atoms with E-state index in [1.54, 1.807) is 31.2 Å². The Kier molecular flexibility index (Phi) is 6.70. The van der Waals surface area contributed by atoms with E-state index < -0.39 is 21.8 Å². The number of carbonyl (C=O) groups is 1. The average Bonchev–Trinajstić information content (AvgIpc) is 3.43. The van der Waals surface area contributed by atoms with Crippen molar-refractivity contribution in [2.75, 3.05) is 0 Å². The van der Waals surface area contributed by atoms with E-state index in [1.165, 1.54) is 12.1 Å². The number of rotatable bonds is 9. The second-order valence-corrected chi connectivity index (χ2v) is 9.55. The van der Waals surface area contributed by atoms with Gasteiger partial charge in [-0.25, -0.2) is 17.8 Å².